The molecule has 1 heterocycles. The predicted molar refractivity (Wildman–Crippen MR) is 138 cm³/mol. The Balaban J connectivity index is 1.55. The van der Waals surface area contributed by atoms with Crippen LogP contribution in [0.3, 0.4) is 0 Å². The molecule has 1 aliphatic rings. The monoisotopic (exact) mass is 466 g/mol. The van der Waals surface area contributed by atoms with Gasteiger partial charge in [-0.05, 0) is 73.7 Å². The Labute approximate surface area is 201 Å². The largest absolute Gasteiger partial charge is 0.489 e. The molecule has 1 aliphatic carbocycles. The average Bonchev–Trinajstić information content (AvgIpc) is 2.82. The Morgan fingerprint density at radius 3 is 2.55 bits per heavy atom. The number of fused-ring (bicyclic) bond motifs is 1. The molecule has 0 saturated heterocycles. The summed E-state index contributed by atoms with van der Waals surface area (Å²) in [6.45, 7) is 7.85. The van der Waals surface area contributed by atoms with Gasteiger partial charge in [-0.2, -0.15) is 0 Å². The molecule has 4 nitrogen and oxygen atoms in total. The van der Waals surface area contributed by atoms with E-state index in [-0.39, 0.29) is 17.1 Å². The van der Waals surface area contributed by atoms with E-state index in [1.54, 1.807) is 12.3 Å². The minimum Gasteiger partial charge on any atom is -0.489 e. The molecule has 0 amide bonds. The van der Waals surface area contributed by atoms with E-state index in [9.17, 15) is 4.79 Å². The lowest BCUT2D eigenvalue weighted by molar-refractivity contribution is 0.0952. The van der Waals surface area contributed by atoms with Crippen LogP contribution in [-0.4, -0.2) is 23.7 Å². The molecule has 0 aliphatic heterocycles. The number of rotatable bonds is 8. The summed E-state index contributed by atoms with van der Waals surface area (Å²) in [5, 5.41) is 5.80. The molecule has 4 rings (SSSR count). The number of nitrogens with one attached hydrogen (secondary N) is 2. The van der Waals surface area contributed by atoms with Crippen LogP contribution in [0, 0.1) is 5.92 Å². The number of H-pyrrole nitrogens is 1. The SMILES string of the molecule is CC[C@@H](NCC(C)C)C1(c2ccccc2)CCC(Oc2cc3cc[nH]c(=O)c3cc2Cl)CC1. The Morgan fingerprint density at radius 1 is 1.15 bits per heavy atom. The fourth-order valence-corrected chi connectivity index (χ4v) is 5.61. The minimum atomic E-state index is -0.134. The molecule has 0 spiro atoms. The van der Waals surface area contributed by atoms with Gasteiger partial charge < -0.3 is 15.0 Å². The topological polar surface area (TPSA) is 54.1 Å². The number of ether oxygens (including phenoxy) is 1. The lowest BCUT2D eigenvalue weighted by Crippen LogP contribution is -2.52. The predicted octanol–water partition coefficient (Wildman–Crippen LogP) is 6.47. The normalized spacial score (nSPS) is 21.9. The number of aromatic nitrogens is 1. The van der Waals surface area contributed by atoms with Crippen molar-refractivity contribution >= 4 is 22.4 Å². The van der Waals surface area contributed by atoms with Crippen molar-refractivity contribution < 1.29 is 4.74 Å². The van der Waals surface area contributed by atoms with Crippen molar-refractivity contribution in [3.8, 4) is 5.75 Å². The van der Waals surface area contributed by atoms with E-state index in [1.165, 1.54) is 5.56 Å². The minimum absolute atomic E-state index is 0.102. The number of aromatic amines is 1. The summed E-state index contributed by atoms with van der Waals surface area (Å²) < 4.78 is 6.41. The van der Waals surface area contributed by atoms with Gasteiger partial charge in [-0.1, -0.05) is 62.7 Å². The summed E-state index contributed by atoms with van der Waals surface area (Å²) in [7, 11) is 0. The molecule has 1 aromatic heterocycles. The highest BCUT2D eigenvalue weighted by atomic mass is 35.5. The van der Waals surface area contributed by atoms with Crippen molar-refractivity contribution in [3.05, 3.63) is 75.7 Å². The second-order valence-electron chi connectivity index (χ2n) is 9.78. The summed E-state index contributed by atoms with van der Waals surface area (Å²) in [5.74, 6) is 1.28. The lowest BCUT2D eigenvalue weighted by atomic mass is 9.63. The van der Waals surface area contributed by atoms with E-state index in [4.69, 9.17) is 16.3 Å². The molecule has 0 radical (unpaired) electrons. The van der Waals surface area contributed by atoms with E-state index in [0.29, 0.717) is 28.1 Å². The van der Waals surface area contributed by atoms with Gasteiger partial charge in [0.15, 0.2) is 0 Å². The van der Waals surface area contributed by atoms with E-state index in [1.807, 2.05) is 12.1 Å². The molecule has 3 aromatic rings. The van der Waals surface area contributed by atoms with Gasteiger partial charge in [0.2, 0.25) is 0 Å². The Hall–Kier alpha value is -2.30. The van der Waals surface area contributed by atoms with Crippen LogP contribution in [0.4, 0.5) is 0 Å². The van der Waals surface area contributed by atoms with Crippen LogP contribution < -0.4 is 15.6 Å². The van der Waals surface area contributed by atoms with Crippen LogP contribution in [0.1, 0.15) is 58.4 Å². The lowest BCUT2D eigenvalue weighted by Gasteiger charge is -2.46. The van der Waals surface area contributed by atoms with Gasteiger partial charge in [-0.15, -0.1) is 0 Å². The zero-order valence-corrected chi connectivity index (χ0v) is 20.6. The first kappa shape index (κ1) is 23.8. The second kappa shape index (κ2) is 10.3. The fraction of sp³-hybridized carbons (Fsp3) is 0.464. The fourth-order valence-electron chi connectivity index (χ4n) is 5.40. The summed E-state index contributed by atoms with van der Waals surface area (Å²) in [6.07, 6.45) is 6.94. The smallest absolute Gasteiger partial charge is 0.255 e. The van der Waals surface area contributed by atoms with Gasteiger partial charge in [0, 0.05) is 23.0 Å². The maximum absolute atomic E-state index is 12.1. The number of halogens is 1. The molecule has 2 aromatic carbocycles. The summed E-state index contributed by atoms with van der Waals surface area (Å²) >= 11 is 6.50. The maximum Gasteiger partial charge on any atom is 0.255 e. The van der Waals surface area contributed by atoms with Crippen molar-refractivity contribution in [1.82, 2.24) is 10.3 Å². The molecule has 5 heteroatoms. The quantitative estimate of drug-likeness (QED) is 0.400. The number of hydrogen-bond acceptors (Lipinski definition) is 3. The first-order chi connectivity index (χ1) is 15.9. The van der Waals surface area contributed by atoms with Crippen LogP contribution in [-0.2, 0) is 5.41 Å². The molecule has 2 N–H and O–H groups in total. The van der Waals surface area contributed by atoms with Crippen molar-refractivity contribution in [2.24, 2.45) is 5.92 Å². The molecule has 0 bridgehead atoms. The highest BCUT2D eigenvalue weighted by Crippen LogP contribution is 2.44. The van der Waals surface area contributed by atoms with Crippen molar-refractivity contribution in [2.45, 2.75) is 70.4 Å². The first-order valence-corrected chi connectivity index (χ1v) is 12.6. The molecule has 1 fully saturated rings. The van der Waals surface area contributed by atoms with Crippen LogP contribution in [0.15, 0.2) is 59.5 Å². The van der Waals surface area contributed by atoms with Gasteiger partial charge in [0.05, 0.1) is 11.1 Å². The third-order valence-corrected chi connectivity index (χ3v) is 7.44. The molecular weight excluding hydrogens is 432 g/mol. The van der Waals surface area contributed by atoms with E-state index in [0.717, 1.165) is 44.0 Å². The molecule has 176 valence electrons. The molecule has 1 atom stereocenters. The standard InChI is InChI=1S/C28H35ClN2O2/c1-4-26(31-18-19(2)3)28(21-8-6-5-7-9-21)13-10-22(11-14-28)33-25-16-20-12-15-30-27(32)23(20)17-24(25)29/h5-9,12,15-17,19,22,26,31H,4,10-11,13-14,18H2,1-3H3,(H,30,32)/t22?,26-,28?/m1/s1. The Kier molecular flexibility index (Phi) is 7.45. The second-order valence-corrected chi connectivity index (χ2v) is 10.2. The van der Waals surface area contributed by atoms with E-state index in [2.05, 4.69) is 61.4 Å². The third kappa shape index (κ3) is 5.12. The van der Waals surface area contributed by atoms with Crippen molar-refractivity contribution in [3.63, 3.8) is 0 Å². The molecule has 0 unspecified atom stereocenters. The highest BCUT2D eigenvalue weighted by molar-refractivity contribution is 6.32. The highest BCUT2D eigenvalue weighted by Gasteiger charge is 2.43. The van der Waals surface area contributed by atoms with Gasteiger partial charge in [-0.25, -0.2) is 0 Å². The number of pyridine rings is 1. The maximum atomic E-state index is 12.1. The third-order valence-electron chi connectivity index (χ3n) is 7.14. The Bertz CT molecular complexity index is 1120. The first-order valence-electron chi connectivity index (χ1n) is 12.2. The summed E-state index contributed by atoms with van der Waals surface area (Å²) in [6, 6.07) is 16.9. The van der Waals surface area contributed by atoms with Crippen molar-refractivity contribution in [1.29, 1.82) is 0 Å². The summed E-state index contributed by atoms with van der Waals surface area (Å²) in [4.78, 5) is 14.8. The number of hydrogen-bond donors (Lipinski definition) is 2. The summed E-state index contributed by atoms with van der Waals surface area (Å²) in [5.41, 5.74) is 1.39. The van der Waals surface area contributed by atoms with Crippen LogP contribution in [0.5, 0.6) is 5.75 Å². The molecular formula is C28H35ClN2O2. The number of benzene rings is 2. The average molecular weight is 467 g/mol. The molecule has 33 heavy (non-hydrogen) atoms. The molecule has 1 saturated carbocycles. The van der Waals surface area contributed by atoms with E-state index >= 15 is 0 Å². The zero-order chi connectivity index (χ0) is 23.4. The van der Waals surface area contributed by atoms with Crippen molar-refractivity contribution in [2.75, 3.05) is 6.54 Å². The van der Waals surface area contributed by atoms with Gasteiger partial charge in [-0.3, -0.25) is 4.79 Å². The van der Waals surface area contributed by atoms with E-state index < -0.39 is 0 Å². The zero-order valence-electron chi connectivity index (χ0n) is 19.9. The van der Waals surface area contributed by atoms with Gasteiger partial charge in [0.25, 0.3) is 5.56 Å². The van der Waals surface area contributed by atoms with Gasteiger partial charge in [0.1, 0.15) is 5.75 Å². The van der Waals surface area contributed by atoms with Crippen LogP contribution >= 0.6 is 11.6 Å². The van der Waals surface area contributed by atoms with Gasteiger partial charge >= 0.3 is 0 Å². The van der Waals surface area contributed by atoms with Crippen LogP contribution in [0.2, 0.25) is 5.02 Å². The Morgan fingerprint density at radius 2 is 1.88 bits per heavy atom. The van der Waals surface area contributed by atoms with Crippen LogP contribution in [0.25, 0.3) is 10.8 Å².